The highest BCUT2D eigenvalue weighted by Crippen LogP contribution is 2.32. The Morgan fingerprint density at radius 3 is 1.95 bits per heavy atom. The van der Waals surface area contributed by atoms with Crippen LogP contribution in [0.25, 0.3) is 0 Å². The van der Waals surface area contributed by atoms with E-state index in [4.69, 9.17) is 0 Å². The van der Waals surface area contributed by atoms with E-state index in [9.17, 15) is 0 Å². The number of nitrogens with one attached hydrogen (secondary N) is 1. The predicted octanol–water partition coefficient (Wildman–Crippen LogP) is 4.12. The van der Waals surface area contributed by atoms with Crippen molar-refractivity contribution in [1.82, 2.24) is 10.4 Å². The zero-order valence-electron chi connectivity index (χ0n) is 12.6. The van der Waals surface area contributed by atoms with Crippen LogP contribution < -0.4 is 5.43 Å². The highest BCUT2D eigenvalue weighted by atomic mass is 15.5. The lowest BCUT2D eigenvalue weighted by molar-refractivity contribution is 0.0928. The van der Waals surface area contributed by atoms with E-state index in [0.717, 1.165) is 17.9 Å². The standard InChI is InChI=1S/C17H32N2/c1-2-6-15(7-3-1)14-16-10-12-19(13-11-16)18-17-8-4-5-9-17/h15-18H,1-14H2. The van der Waals surface area contributed by atoms with Crippen molar-refractivity contribution in [3.05, 3.63) is 0 Å². The predicted molar refractivity (Wildman–Crippen MR) is 80.9 cm³/mol. The van der Waals surface area contributed by atoms with Crippen LogP contribution in [0.3, 0.4) is 0 Å². The summed E-state index contributed by atoms with van der Waals surface area (Å²) in [4.78, 5) is 0. The van der Waals surface area contributed by atoms with Gasteiger partial charge < -0.3 is 0 Å². The third-order valence-electron chi connectivity index (χ3n) is 5.73. The molecule has 0 amide bonds. The molecule has 3 rings (SSSR count). The van der Waals surface area contributed by atoms with Crippen LogP contribution in [-0.2, 0) is 0 Å². The third kappa shape index (κ3) is 4.19. The van der Waals surface area contributed by atoms with Gasteiger partial charge in [0, 0.05) is 19.1 Å². The monoisotopic (exact) mass is 264 g/mol. The first-order valence-corrected chi connectivity index (χ1v) is 8.91. The first-order chi connectivity index (χ1) is 9.40. The molecule has 0 aromatic rings. The lowest BCUT2D eigenvalue weighted by atomic mass is 9.80. The van der Waals surface area contributed by atoms with Crippen molar-refractivity contribution in [2.75, 3.05) is 13.1 Å². The van der Waals surface area contributed by atoms with Gasteiger partial charge in [-0.3, -0.25) is 5.43 Å². The van der Waals surface area contributed by atoms with Crippen LogP contribution in [0, 0.1) is 11.8 Å². The Morgan fingerprint density at radius 2 is 1.26 bits per heavy atom. The topological polar surface area (TPSA) is 15.3 Å². The molecular formula is C17H32N2. The lowest BCUT2D eigenvalue weighted by Crippen LogP contribution is -2.47. The summed E-state index contributed by atoms with van der Waals surface area (Å²) in [5, 5.41) is 2.54. The molecule has 19 heavy (non-hydrogen) atoms. The first kappa shape index (κ1) is 13.9. The van der Waals surface area contributed by atoms with Crippen LogP contribution >= 0.6 is 0 Å². The van der Waals surface area contributed by atoms with E-state index in [2.05, 4.69) is 10.4 Å². The second kappa shape index (κ2) is 7.08. The lowest BCUT2D eigenvalue weighted by Gasteiger charge is -2.36. The molecule has 0 aromatic heterocycles. The minimum atomic E-state index is 0.801. The Balaban J connectivity index is 1.34. The normalized spacial score (nSPS) is 29.1. The fourth-order valence-electron chi connectivity index (χ4n) is 4.51. The van der Waals surface area contributed by atoms with Gasteiger partial charge in [-0.1, -0.05) is 44.9 Å². The Morgan fingerprint density at radius 1 is 0.684 bits per heavy atom. The SMILES string of the molecule is C1CCC(CC2CCN(NC3CCCC3)CC2)CC1. The van der Waals surface area contributed by atoms with Crippen LogP contribution in [-0.4, -0.2) is 24.1 Å². The molecule has 1 aliphatic heterocycles. The zero-order valence-corrected chi connectivity index (χ0v) is 12.6. The van der Waals surface area contributed by atoms with E-state index in [0.29, 0.717) is 0 Å². The van der Waals surface area contributed by atoms with Gasteiger partial charge in [-0.25, -0.2) is 5.01 Å². The Labute approximate surface area is 119 Å². The maximum atomic E-state index is 3.78. The van der Waals surface area contributed by atoms with Crippen LogP contribution in [0.5, 0.6) is 0 Å². The third-order valence-corrected chi connectivity index (χ3v) is 5.73. The number of hydrogen-bond acceptors (Lipinski definition) is 2. The molecule has 0 bridgehead atoms. The number of hydrazine groups is 1. The fourth-order valence-corrected chi connectivity index (χ4v) is 4.51. The maximum Gasteiger partial charge on any atom is 0.0215 e. The second-order valence-electron chi connectivity index (χ2n) is 7.28. The molecule has 0 aromatic carbocycles. The van der Waals surface area contributed by atoms with Gasteiger partial charge in [0.2, 0.25) is 0 Å². The fraction of sp³-hybridized carbons (Fsp3) is 1.00. The van der Waals surface area contributed by atoms with E-state index in [1.807, 2.05) is 0 Å². The van der Waals surface area contributed by atoms with Gasteiger partial charge in [0.1, 0.15) is 0 Å². The van der Waals surface area contributed by atoms with Crippen molar-refractivity contribution in [3.63, 3.8) is 0 Å². The minimum Gasteiger partial charge on any atom is -0.252 e. The van der Waals surface area contributed by atoms with Crippen LogP contribution in [0.2, 0.25) is 0 Å². The van der Waals surface area contributed by atoms with E-state index >= 15 is 0 Å². The molecule has 2 nitrogen and oxygen atoms in total. The number of nitrogens with zero attached hydrogens (tertiary/aromatic N) is 1. The molecule has 2 aliphatic carbocycles. The molecule has 3 aliphatic rings. The van der Waals surface area contributed by atoms with Gasteiger partial charge in [-0.15, -0.1) is 0 Å². The highest BCUT2D eigenvalue weighted by molar-refractivity contribution is 4.78. The summed E-state index contributed by atoms with van der Waals surface area (Å²) < 4.78 is 0. The number of hydrogen-bond donors (Lipinski definition) is 1. The van der Waals surface area contributed by atoms with Gasteiger partial charge in [0.15, 0.2) is 0 Å². The maximum absolute atomic E-state index is 3.78. The highest BCUT2D eigenvalue weighted by Gasteiger charge is 2.25. The van der Waals surface area contributed by atoms with Gasteiger partial charge in [-0.2, -0.15) is 0 Å². The molecule has 0 atom stereocenters. The molecule has 3 fully saturated rings. The molecule has 0 spiro atoms. The summed E-state index contributed by atoms with van der Waals surface area (Å²) in [6.45, 7) is 2.60. The summed E-state index contributed by atoms with van der Waals surface area (Å²) in [6.07, 6.45) is 17.7. The summed E-state index contributed by atoms with van der Waals surface area (Å²) >= 11 is 0. The summed E-state index contributed by atoms with van der Waals surface area (Å²) in [6, 6.07) is 0.801. The average molecular weight is 264 g/mol. The van der Waals surface area contributed by atoms with Gasteiger partial charge in [0.05, 0.1) is 0 Å². The zero-order chi connectivity index (χ0) is 12.9. The largest absolute Gasteiger partial charge is 0.252 e. The molecule has 2 heteroatoms. The van der Waals surface area contributed by atoms with Crippen LogP contribution in [0.4, 0.5) is 0 Å². The summed E-state index contributed by atoms with van der Waals surface area (Å²) in [5.74, 6) is 2.11. The molecule has 0 radical (unpaired) electrons. The number of piperidine rings is 1. The van der Waals surface area contributed by atoms with E-state index in [1.54, 1.807) is 0 Å². The average Bonchev–Trinajstić information content (AvgIpc) is 2.95. The molecule has 1 saturated heterocycles. The summed E-state index contributed by atoms with van der Waals surface area (Å²) in [7, 11) is 0. The van der Waals surface area contributed by atoms with E-state index < -0.39 is 0 Å². The minimum absolute atomic E-state index is 0.801. The van der Waals surface area contributed by atoms with Gasteiger partial charge in [-0.05, 0) is 43.9 Å². The molecular weight excluding hydrogens is 232 g/mol. The van der Waals surface area contributed by atoms with Gasteiger partial charge >= 0.3 is 0 Å². The first-order valence-electron chi connectivity index (χ1n) is 8.91. The number of rotatable bonds is 4. The van der Waals surface area contributed by atoms with Crippen molar-refractivity contribution in [3.8, 4) is 0 Å². The molecule has 0 unspecified atom stereocenters. The smallest absolute Gasteiger partial charge is 0.0215 e. The Hall–Kier alpha value is -0.0800. The molecule has 2 saturated carbocycles. The van der Waals surface area contributed by atoms with Gasteiger partial charge in [0.25, 0.3) is 0 Å². The van der Waals surface area contributed by atoms with Crippen molar-refractivity contribution in [2.24, 2.45) is 11.8 Å². The van der Waals surface area contributed by atoms with Crippen molar-refractivity contribution < 1.29 is 0 Å². The molecule has 110 valence electrons. The van der Waals surface area contributed by atoms with Crippen LogP contribution in [0.1, 0.15) is 77.0 Å². The van der Waals surface area contributed by atoms with Crippen molar-refractivity contribution in [1.29, 1.82) is 0 Å². The van der Waals surface area contributed by atoms with E-state index in [1.165, 1.54) is 90.1 Å². The molecule has 1 N–H and O–H groups in total. The second-order valence-corrected chi connectivity index (χ2v) is 7.28. The van der Waals surface area contributed by atoms with E-state index in [-0.39, 0.29) is 0 Å². The Kier molecular flexibility index (Phi) is 5.17. The molecule has 1 heterocycles. The quantitative estimate of drug-likeness (QED) is 0.822. The van der Waals surface area contributed by atoms with Crippen molar-refractivity contribution in [2.45, 2.75) is 83.1 Å². The Bertz CT molecular complexity index is 246. The summed E-state index contributed by atoms with van der Waals surface area (Å²) in [5.41, 5.74) is 3.78. The van der Waals surface area contributed by atoms with Crippen molar-refractivity contribution >= 4 is 0 Å². The van der Waals surface area contributed by atoms with Crippen LogP contribution in [0.15, 0.2) is 0 Å².